The van der Waals surface area contributed by atoms with Crippen molar-refractivity contribution in [2.24, 2.45) is 0 Å². The van der Waals surface area contributed by atoms with E-state index in [9.17, 15) is 5.11 Å². The van der Waals surface area contributed by atoms with E-state index in [1.54, 1.807) is 0 Å². The highest BCUT2D eigenvalue weighted by molar-refractivity contribution is 5.30. The number of ether oxygens (including phenoxy) is 1. The Kier molecular flexibility index (Phi) is 4.53. The van der Waals surface area contributed by atoms with E-state index in [1.807, 2.05) is 30.3 Å². The summed E-state index contributed by atoms with van der Waals surface area (Å²) >= 11 is 0. The van der Waals surface area contributed by atoms with Gasteiger partial charge in [-0.1, -0.05) is 42.5 Å². The monoisotopic (exact) mass is 283 g/mol. The minimum absolute atomic E-state index is 0.231. The molecule has 2 N–H and O–H groups in total. The third-order valence-electron chi connectivity index (χ3n) is 4.01. The van der Waals surface area contributed by atoms with Crippen molar-refractivity contribution in [2.75, 3.05) is 13.1 Å². The maximum absolute atomic E-state index is 10.0. The first-order chi connectivity index (χ1) is 10.3. The lowest BCUT2D eigenvalue weighted by atomic mass is 9.88. The van der Waals surface area contributed by atoms with Crippen molar-refractivity contribution in [1.82, 2.24) is 5.32 Å². The Hall–Kier alpha value is -1.84. The average molecular weight is 283 g/mol. The lowest BCUT2D eigenvalue weighted by Gasteiger charge is -2.28. The van der Waals surface area contributed by atoms with Crippen LogP contribution in [0.3, 0.4) is 0 Å². The summed E-state index contributed by atoms with van der Waals surface area (Å²) in [7, 11) is 0. The molecule has 3 nitrogen and oxygen atoms in total. The Balaban J connectivity index is 1.61. The second kappa shape index (κ2) is 6.74. The van der Waals surface area contributed by atoms with Crippen LogP contribution in [0, 0.1) is 0 Å². The third kappa shape index (κ3) is 3.63. The fourth-order valence-electron chi connectivity index (χ4n) is 2.78. The van der Waals surface area contributed by atoms with Gasteiger partial charge in [0.25, 0.3) is 0 Å². The van der Waals surface area contributed by atoms with Gasteiger partial charge in [0.1, 0.15) is 12.4 Å². The standard InChI is InChI=1S/C18H21NO2/c20-18-12-19-11-10-17(18)15-6-8-16(9-7-15)21-13-14-4-2-1-3-5-14/h1-9,17-20H,10-13H2. The van der Waals surface area contributed by atoms with E-state index < -0.39 is 0 Å². The quantitative estimate of drug-likeness (QED) is 0.906. The lowest BCUT2D eigenvalue weighted by Crippen LogP contribution is -2.39. The average Bonchev–Trinajstić information content (AvgIpc) is 2.55. The molecule has 0 aliphatic carbocycles. The summed E-state index contributed by atoms with van der Waals surface area (Å²) in [5.74, 6) is 1.10. The zero-order valence-corrected chi connectivity index (χ0v) is 12.0. The zero-order valence-electron chi connectivity index (χ0n) is 12.0. The summed E-state index contributed by atoms with van der Waals surface area (Å²) in [6.07, 6.45) is 0.681. The Bertz CT molecular complexity index is 553. The van der Waals surface area contributed by atoms with Crippen LogP contribution in [0.4, 0.5) is 0 Å². The predicted molar refractivity (Wildman–Crippen MR) is 83.5 cm³/mol. The summed E-state index contributed by atoms with van der Waals surface area (Å²) in [4.78, 5) is 0. The van der Waals surface area contributed by atoms with Gasteiger partial charge >= 0.3 is 0 Å². The predicted octanol–water partition coefficient (Wildman–Crippen LogP) is 2.70. The minimum Gasteiger partial charge on any atom is -0.489 e. The number of hydrogen-bond donors (Lipinski definition) is 2. The van der Waals surface area contributed by atoms with E-state index in [4.69, 9.17) is 4.74 Å². The molecule has 1 aliphatic rings. The number of benzene rings is 2. The molecular formula is C18H21NO2. The first-order valence-corrected chi connectivity index (χ1v) is 7.48. The molecule has 0 radical (unpaired) electrons. The molecule has 0 spiro atoms. The van der Waals surface area contributed by atoms with E-state index in [1.165, 1.54) is 5.56 Å². The van der Waals surface area contributed by atoms with Crippen molar-refractivity contribution in [3.05, 3.63) is 65.7 Å². The molecule has 1 heterocycles. The van der Waals surface area contributed by atoms with Gasteiger partial charge in [0.05, 0.1) is 6.10 Å². The van der Waals surface area contributed by atoms with Gasteiger partial charge in [-0.25, -0.2) is 0 Å². The molecule has 21 heavy (non-hydrogen) atoms. The number of hydrogen-bond acceptors (Lipinski definition) is 3. The lowest BCUT2D eigenvalue weighted by molar-refractivity contribution is 0.118. The summed E-state index contributed by atoms with van der Waals surface area (Å²) in [5, 5.41) is 13.3. The second-order valence-electron chi connectivity index (χ2n) is 5.51. The molecule has 2 atom stereocenters. The van der Waals surface area contributed by atoms with Crippen LogP contribution in [0.1, 0.15) is 23.5 Å². The Labute approximate surface area is 125 Å². The van der Waals surface area contributed by atoms with Crippen LogP contribution >= 0.6 is 0 Å². The number of nitrogens with one attached hydrogen (secondary N) is 1. The Morgan fingerprint density at radius 1 is 1.05 bits per heavy atom. The number of β-amino-alcohol motifs (C(OH)–C–C–N with tert-alkyl or cyclic N) is 1. The minimum atomic E-state index is -0.296. The Morgan fingerprint density at radius 3 is 2.52 bits per heavy atom. The van der Waals surface area contributed by atoms with Gasteiger partial charge < -0.3 is 15.2 Å². The van der Waals surface area contributed by atoms with Crippen molar-refractivity contribution in [2.45, 2.75) is 25.0 Å². The first-order valence-electron chi connectivity index (χ1n) is 7.48. The molecular weight excluding hydrogens is 262 g/mol. The van der Waals surface area contributed by atoms with Gasteiger partial charge in [-0.05, 0) is 36.2 Å². The van der Waals surface area contributed by atoms with Crippen molar-refractivity contribution >= 4 is 0 Å². The van der Waals surface area contributed by atoms with E-state index in [0.717, 1.165) is 24.3 Å². The normalized spacial score (nSPS) is 22.0. The van der Waals surface area contributed by atoms with Gasteiger partial charge in [-0.3, -0.25) is 0 Å². The molecule has 0 aromatic heterocycles. The van der Waals surface area contributed by atoms with E-state index >= 15 is 0 Å². The van der Waals surface area contributed by atoms with Gasteiger partial charge in [-0.2, -0.15) is 0 Å². The molecule has 1 aliphatic heterocycles. The van der Waals surface area contributed by atoms with E-state index in [-0.39, 0.29) is 12.0 Å². The molecule has 2 aromatic rings. The van der Waals surface area contributed by atoms with Crippen LogP contribution in [-0.4, -0.2) is 24.3 Å². The number of piperidine rings is 1. The molecule has 0 bridgehead atoms. The van der Waals surface area contributed by atoms with Gasteiger partial charge in [0.15, 0.2) is 0 Å². The molecule has 0 amide bonds. The van der Waals surface area contributed by atoms with Crippen molar-refractivity contribution in [1.29, 1.82) is 0 Å². The number of aliphatic hydroxyl groups excluding tert-OH is 1. The van der Waals surface area contributed by atoms with Gasteiger partial charge in [0, 0.05) is 12.5 Å². The fourth-order valence-corrected chi connectivity index (χ4v) is 2.78. The van der Waals surface area contributed by atoms with Crippen molar-refractivity contribution in [3.8, 4) is 5.75 Å². The van der Waals surface area contributed by atoms with Gasteiger partial charge in [-0.15, -0.1) is 0 Å². The highest BCUT2D eigenvalue weighted by Gasteiger charge is 2.24. The SMILES string of the molecule is OC1CNCCC1c1ccc(OCc2ccccc2)cc1. The maximum atomic E-state index is 10.0. The molecule has 0 saturated carbocycles. The smallest absolute Gasteiger partial charge is 0.119 e. The van der Waals surface area contributed by atoms with Crippen LogP contribution in [0.5, 0.6) is 5.75 Å². The topological polar surface area (TPSA) is 41.5 Å². The van der Waals surface area contributed by atoms with Crippen molar-refractivity contribution < 1.29 is 9.84 Å². The molecule has 3 rings (SSSR count). The van der Waals surface area contributed by atoms with Crippen LogP contribution in [0.2, 0.25) is 0 Å². The molecule has 1 saturated heterocycles. The molecule has 2 aromatic carbocycles. The maximum Gasteiger partial charge on any atom is 0.119 e. The van der Waals surface area contributed by atoms with Crippen LogP contribution < -0.4 is 10.1 Å². The molecule has 1 fully saturated rings. The van der Waals surface area contributed by atoms with Crippen LogP contribution in [0.15, 0.2) is 54.6 Å². The number of rotatable bonds is 4. The fraction of sp³-hybridized carbons (Fsp3) is 0.333. The zero-order chi connectivity index (χ0) is 14.5. The van der Waals surface area contributed by atoms with Gasteiger partial charge in [0.2, 0.25) is 0 Å². The van der Waals surface area contributed by atoms with E-state index in [2.05, 4.69) is 29.6 Å². The van der Waals surface area contributed by atoms with E-state index in [0.29, 0.717) is 13.2 Å². The molecule has 110 valence electrons. The largest absolute Gasteiger partial charge is 0.489 e. The highest BCUT2D eigenvalue weighted by atomic mass is 16.5. The summed E-state index contributed by atoms with van der Waals surface area (Å²) in [5.41, 5.74) is 2.35. The number of aliphatic hydroxyl groups is 1. The molecule has 2 unspecified atom stereocenters. The Morgan fingerprint density at radius 2 is 1.81 bits per heavy atom. The first kappa shape index (κ1) is 14.1. The highest BCUT2D eigenvalue weighted by Crippen LogP contribution is 2.27. The summed E-state index contributed by atoms with van der Waals surface area (Å²) in [6.45, 7) is 2.22. The van der Waals surface area contributed by atoms with Crippen molar-refractivity contribution in [3.63, 3.8) is 0 Å². The second-order valence-corrected chi connectivity index (χ2v) is 5.51. The van der Waals surface area contributed by atoms with Crippen LogP contribution in [-0.2, 0) is 6.61 Å². The summed E-state index contributed by atoms with van der Waals surface area (Å²) < 4.78 is 5.79. The van der Waals surface area contributed by atoms with Crippen LogP contribution in [0.25, 0.3) is 0 Å². The summed E-state index contributed by atoms with van der Waals surface area (Å²) in [6, 6.07) is 18.3. The molecule has 3 heteroatoms. The third-order valence-corrected chi connectivity index (χ3v) is 4.01.